The van der Waals surface area contributed by atoms with E-state index in [2.05, 4.69) is 20.8 Å². The third-order valence-electron chi connectivity index (χ3n) is 4.88. The molecule has 152 valence electrons. The lowest BCUT2D eigenvalue weighted by Gasteiger charge is -2.32. The highest BCUT2D eigenvalue weighted by Gasteiger charge is 2.33. The van der Waals surface area contributed by atoms with Crippen molar-refractivity contribution in [2.24, 2.45) is 10.8 Å². The summed E-state index contributed by atoms with van der Waals surface area (Å²) in [7, 11) is 0. The molecule has 0 heterocycles. The number of aliphatic hydroxyl groups is 4. The largest absolute Gasteiger partial charge is 0.502 e. The molecule has 0 aliphatic rings. The van der Waals surface area contributed by atoms with Crippen LogP contribution < -0.4 is 0 Å². The van der Waals surface area contributed by atoms with Gasteiger partial charge in [0.05, 0.1) is 19.8 Å². The Kier molecular flexibility index (Phi) is 17.3. The Bertz CT molecular complexity index is 301. The number of hydrogen-bond acceptors (Lipinski definition) is 4. The topological polar surface area (TPSA) is 80.9 Å². The van der Waals surface area contributed by atoms with Gasteiger partial charge in [0.2, 0.25) is 0 Å². The molecule has 0 saturated heterocycles. The molecular formula is C20H42O4S. The zero-order valence-corrected chi connectivity index (χ0v) is 17.7. The van der Waals surface area contributed by atoms with Crippen LogP contribution in [0.15, 0.2) is 0 Å². The molecule has 25 heavy (non-hydrogen) atoms. The number of aliphatic hydroxyl groups excluding tert-OH is 4. The summed E-state index contributed by atoms with van der Waals surface area (Å²) in [5.74, 6) is 0. The molecule has 0 atom stereocenters. The summed E-state index contributed by atoms with van der Waals surface area (Å²) in [6.45, 7) is 7.69. The van der Waals surface area contributed by atoms with Crippen LogP contribution >= 0.6 is 12.2 Å². The molecule has 5 heteroatoms. The lowest BCUT2D eigenvalue weighted by molar-refractivity contribution is 0.0200. The summed E-state index contributed by atoms with van der Waals surface area (Å²) in [4.78, 5) is 0. The van der Waals surface area contributed by atoms with Crippen molar-refractivity contribution in [2.75, 3.05) is 19.8 Å². The van der Waals surface area contributed by atoms with Crippen molar-refractivity contribution in [1.82, 2.24) is 0 Å². The first-order valence-corrected chi connectivity index (χ1v) is 10.3. The van der Waals surface area contributed by atoms with Gasteiger partial charge in [-0.2, -0.15) is 0 Å². The zero-order chi connectivity index (χ0) is 19.8. The van der Waals surface area contributed by atoms with Crippen molar-refractivity contribution >= 4 is 17.3 Å². The first-order valence-electron chi connectivity index (χ1n) is 9.87. The molecule has 0 aromatic heterocycles. The van der Waals surface area contributed by atoms with E-state index < -0.39 is 5.41 Å². The molecule has 0 bridgehead atoms. The van der Waals surface area contributed by atoms with E-state index in [1.807, 2.05) is 0 Å². The average molecular weight is 379 g/mol. The van der Waals surface area contributed by atoms with Crippen LogP contribution in [-0.4, -0.2) is 45.3 Å². The molecule has 4 nitrogen and oxygen atoms in total. The summed E-state index contributed by atoms with van der Waals surface area (Å²) in [6.07, 6.45) is 11.6. The molecule has 0 radical (unpaired) electrons. The summed E-state index contributed by atoms with van der Waals surface area (Å²) < 4.78 is 0. The van der Waals surface area contributed by atoms with E-state index in [1.165, 1.54) is 44.9 Å². The highest BCUT2D eigenvalue weighted by Crippen LogP contribution is 2.37. The van der Waals surface area contributed by atoms with Crippen LogP contribution in [0.25, 0.3) is 0 Å². The quantitative estimate of drug-likeness (QED) is 0.258. The van der Waals surface area contributed by atoms with Gasteiger partial charge in [0, 0.05) is 10.8 Å². The van der Waals surface area contributed by atoms with E-state index in [-0.39, 0.29) is 30.3 Å². The van der Waals surface area contributed by atoms with Gasteiger partial charge in [-0.25, -0.2) is 0 Å². The molecule has 0 unspecified atom stereocenters. The van der Waals surface area contributed by atoms with Crippen LogP contribution in [0.4, 0.5) is 0 Å². The Labute approximate surface area is 160 Å². The van der Waals surface area contributed by atoms with Crippen LogP contribution in [0.1, 0.15) is 91.9 Å². The van der Waals surface area contributed by atoms with Gasteiger partial charge in [0.15, 0.2) is 5.05 Å². The highest BCUT2D eigenvalue weighted by molar-refractivity contribution is 7.80. The van der Waals surface area contributed by atoms with E-state index >= 15 is 0 Å². The predicted octanol–water partition coefficient (Wildman–Crippen LogP) is 4.79. The minimum absolute atomic E-state index is 0.0590. The molecule has 0 rings (SSSR count). The smallest absolute Gasteiger partial charge is 0.162 e. The van der Waals surface area contributed by atoms with Gasteiger partial charge < -0.3 is 20.4 Å². The van der Waals surface area contributed by atoms with Crippen LogP contribution in [-0.2, 0) is 0 Å². The van der Waals surface area contributed by atoms with Crippen LogP contribution in [0.5, 0.6) is 0 Å². The van der Waals surface area contributed by atoms with E-state index in [9.17, 15) is 5.11 Å². The Hall–Kier alpha value is -0.230. The van der Waals surface area contributed by atoms with Crippen molar-refractivity contribution in [3.8, 4) is 0 Å². The van der Waals surface area contributed by atoms with Gasteiger partial charge in [0.25, 0.3) is 0 Å². The van der Waals surface area contributed by atoms with E-state index in [1.54, 1.807) is 6.92 Å². The third kappa shape index (κ3) is 11.9. The van der Waals surface area contributed by atoms with Crippen molar-refractivity contribution in [2.45, 2.75) is 91.9 Å². The molecule has 0 fully saturated rings. The van der Waals surface area contributed by atoms with E-state index in [0.29, 0.717) is 0 Å². The van der Waals surface area contributed by atoms with Crippen LogP contribution in [0.2, 0.25) is 0 Å². The van der Waals surface area contributed by atoms with E-state index in [0.717, 1.165) is 19.3 Å². The molecule has 4 N–H and O–H groups in total. The third-order valence-corrected chi connectivity index (χ3v) is 5.31. The minimum Gasteiger partial charge on any atom is -0.502 e. The Morgan fingerprint density at radius 1 is 0.720 bits per heavy atom. The zero-order valence-electron chi connectivity index (χ0n) is 16.9. The maximum atomic E-state index is 9.95. The van der Waals surface area contributed by atoms with E-state index in [4.69, 9.17) is 27.5 Å². The Morgan fingerprint density at radius 3 is 1.32 bits per heavy atom. The number of thiocarbonyl (C=S) groups is 1. The van der Waals surface area contributed by atoms with Gasteiger partial charge in [-0.05, 0) is 31.5 Å². The maximum absolute atomic E-state index is 9.95. The molecule has 0 aromatic carbocycles. The Morgan fingerprint density at radius 2 is 1.08 bits per heavy atom. The predicted molar refractivity (Wildman–Crippen MR) is 110 cm³/mol. The second-order valence-corrected chi connectivity index (χ2v) is 7.92. The number of unbranched alkanes of at least 4 members (excludes halogenated alkanes) is 4. The average Bonchev–Trinajstić information content (AvgIpc) is 2.63. The van der Waals surface area contributed by atoms with Crippen LogP contribution in [0.3, 0.4) is 0 Å². The summed E-state index contributed by atoms with van der Waals surface area (Å²) in [5, 5.41) is 35.6. The van der Waals surface area contributed by atoms with Crippen molar-refractivity contribution < 1.29 is 20.4 Å². The molecule has 0 aliphatic heterocycles. The maximum Gasteiger partial charge on any atom is 0.162 e. The molecule has 0 aliphatic carbocycles. The first kappa shape index (κ1) is 27.0. The molecule has 0 saturated carbocycles. The molecular weight excluding hydrogens is 336 g/mol. The summed E-state index contributed by atoms with van der Waals surface area (Å²) in [6, 6.07) is 0. The van der Waals surface area contributed by atoms with Gasteiger partial charge >= 0.3 is 0 Å². The normalized spacial score (nSPS) is 11.8. The van der Waals surface area contributed by atoms with Crippen LogP contribution in [0, 0.1) is 10.8 Å². The fourth-order valence-corrected chi connectivity index (χ4v) is 2.90. The minimum atomic E-state index is -0.708. The standard InChI is InChI=1S/C15H30OS.C5H12O3/c1-4-7-10-13-15(14(16)17,11-8-5-2)12-9-6-3;1-5(2-6,3-7)4-8/h4-13H2,1-3H3,(H,16,17);6-8H,2-4H2,1H3. The monoisotopic (exact) mass is 378 g/mol. The first-order chi connectivity index (χ1) is 11.8. The lowest BCUT2D eigenvalue weighted by atomic mass is 9.75. The molecule has 0 amide bonds. The second kappa shape index (κ2) is 16.0. The van der Waals surface area contributed by atoms with Crippen molar-refractivity contribution in [3.05, 3.63) is 0 Å². The second-order valence-electron chi connectivity index (χ2n) is 7.53. The molecule has 0 aromatic rings. The van der Waals surface area contributed by atoms with Crippen molar-refractivity contribution in [3.63, 3.8) is 0 Å². The Balaban J connectivity index is 0. The van der Waals surface area contributed by atoms with Gasteiger partial charge in [-0.1, -0.05) is 72.6 Å². The number of rotatable bonds is 14. The van der Waals surface area contributed by atoms with Crippen molar-refractivity contribution in [1.29, 1.82) is 0 Å². The fraction of sp³-hybridized carbons (Fsp3) is 0.950. The summed E-state index contributed by atoms with van der Waals surface area (Å²) in [5.41, 5.74) is -0.767. The fourth-order valence-electron chi connectivity index (χ4n) is 2.59. The lowest BCUT2D eigenvalue weighted by Crippen LogP contribution is -2.30. The van der Waals surface area contributed by atoms with Gasteiger partial charge in [-0.15, -0.1) is 0 Å². The summed E-state index contributed by atoms with van der Waals surface area (Å²) >= 11 is 5.16. The molecule has 0 spiro atoms. The van der Waals surface area contributed by atoms with Gasteiger partial charge in [-0.3, -0.25) is 0 Å². The number of hydrogen-bond donors (Lipinski definition) is 4. The SMILES string of the molecule is CC(CO)(CO)CO.CCCCCC(CCCC)(CCCC)C(O)=S. The highest BCUT2D eigenvalue weighted by atomic mass is 32.1. The van der Waals surface area contributed by atoms with Gasteiger partial charge in [0.1, 0.15) is 0 Å².